The van der Waals surface area contributed by atoms with Gasteiger partial charge < -0.3 is 14.6 Å². The van der Waals surface area contributed by atoms with Crippen LogP contribution in [-0.4, -0.2) is 34.6 Å². The molecular weight excluding hydrogens is 579 g/mol. The standard InChI is InChI=1S/C27H20BrFN2O6S/c1-2-36-22-12-17(19(28)13-23(22)37-14-15-7-9-16(10-8-15)26(34)35)11-18-24(32)30-27(38)31(25(18)33)21-6-4-3-5-20(21)29/h3-13H,2,14H2,1H3,(H,34,35)(H,30,32,38)/b18-11+. The van der Waals surface area contributed by atoms with Crippen LogP contribution in [0.15, 0.2) is 70.7 Å². The number of halogens is 2. The second kappa shape index (κ2) is 11.5. The van der Waals surface area contributed by atoms with Gasteiger partial charge >= 0.3 is 5.97 Å². The van der Waals surface area contributed by atoms with Crippen molar-refractivity contribution >= 4 is 62.8 Å². The molecule has 1 heterocycles. The van der Waals surface area contributed by atoms with Crippen molar-refractivity contribution in [2.75, 3.05) is 11.5 Å². The molecule has 0 spiro atoms. The van der Waals surface area contributed by atoms with Gasteiger partial charge in [-0.05, 0) is 72.7 Å². The van der Waals surface area contributed by atoms with E-state index in [4.69, 9.17) is 26.8 Å². The maximum Gasteiger partial charge on any atom is 0.335 e. The van der Waals surface area contributed by atoms with E-state index in [1.54, 1.807) is 37.3 Å². The summed E-state index contributed by atoms with van der Waals surface area (Å²) in [6.45, 7) is 2.25. The van der Waals surface area contributed by atoms with E-state index in [2.05, 4.69) is 21.2 Å². The first kappa shape index (κ1) is 27.0. The number of amides is 2. The van der Waals surface area contributed by atoms with Crippen LogP contribution in [0.25, 0.3) is 6.08 Å². The van der Waals surface area contributed by atoms with Crippen molar-refractivity contribution < 1.29 is 33.4 Å². The smallest absolute Gasteiger partial charge is 0.335 e. The van der Waals surface area contributed by atoms with Gasteiger partial charge in [-0.1, -0.05) is 40.2 Å². The number of rotatable bonds is 8. The fraction of sp³-hybridized carbons (Fsp3) is 0.111. The SMILES string of the molecule is CCOc1cc(/C=C2\C(=O)NC(=S)N(c3ccccc3F)C2=O)c(Br)cc1OCc1ccc(C(=O)O)cc1. The number of carboxylic acid groups (broad SMARTS) is 1. The number of hydrogen-bond donors (Lipinski definition) is 2. The summed E-state index contributed by atoms with van der Waals surface area (Å²) in [6.07, 6.45) is 1.36. The van der Waals surface area contributed by atoms with Gasteiger partial charge in [-0.25, -0.2) is 14.1 Å². The third-order valence-corrected chi connectivity index (χ3v) is 6.42. The number of carboxylic acids is 1. The van der Waals surface area contributed by atoms with Crippen LogP contribution in [-0.2, 0) is 16.2 Å². The zero-order valence-corrected chi connectivity index (χ0v) is 22.3. The molecule has 2 amide bonds. The molecule has 0 saturated carbocycles. The molecule has 8 nitrogen and oxygen atoms in total. The molecule has 0 atom stereocenters. The third kappa shape index (κ3) is 5.74. The summed E-state index contributed by atoms with van der Waals surface area (Å²) in [6, 6.07) is 15.1. The number of thiocarbonyl (C=S) groups is 1. The number of para-hydroxylation sites is 1. The van der Waals surface area contributed by atoms with E-state index in [-0.39, 0.29) is 28.5 Å². The van der Waals surface area contributed by atoms with Crippen molar-refractivity contribution in [2.24, 2.45) is 0 Å². The van der Waals surface area contributed by atoms with E-state index < -0.39 is 23.6 Å². The zero-order chi connectivity index (χ0) is 27.4. The van der Waals surface area contributed by atoms with Crippen LogP contribution in [0.4, 0.5) is 10.1 Å². The van der Waals surface area contributed by atoms with Crippen LogP contribution < -0.4 is 19.7 Å². The highest BCUT2D eigenvalue weighted by atomic mass is 79.9. The highest BCUT2D eigenvalue weighted by Gasteiger charge is 2.35. The molecule has 0 bridgehead atoms. The van der Waals surface area contributed by atoms with Gasteiger partial charge in [0.15, 0.2) is 16.6 Å². The van der Waals surface area contributed by atoms with Gasteiger partial charge in [0.25, 0.3) is 11.8 Å². The summed E-state index contributed by atoms with van der Waals surface area (Å²) in [5.41, 5.74) is 1.01. The summed E-state index contributed by atoms with van der Waals surface area (Å²) >= 11 is 8.58. The molecule has 38 heavy (non-hydrogen) atoms. The lowest BCUT2D eigenvalue weighted by atomic mass is 10.1. The minimum Gasteiger partial charge on any atom is -0.490 e. The van der Waals surface area contributed by atoms with Crippen LogP contribution in [0.5, 0.6) is 11.5 Å². The van der Waals surface area contributed by atoms with Gasteiger partial charge in [0, 0.05) is 4.47 Å². The monoisotopic (exact) mass is 598 g/mol. The van der Waals surface area contributed by atoms with Gasteiger partial charge in [0.1, 0.15) is 18.0 Å². The van der Waals surface area contributed by atoms with Crippen LogP contribution >= 0.6 is 28.1 Å². The fourth-order valence-electron chi connectivity index (χ4n) is 3.61. The van der Waals surface area contributed by atoms with E-state index in [0.717, 1.165) is 10.5 Å². The number of hydrogen-bond acceptors (Lipinski definition) is 6. The molecular formula is C27H20BrFN2O6S. The van der Waals surface area contributed by atoms with Crippen molar-refractivity contribution in [2.45, 2.75) is 13.5 Å². The normalized spacial score (nSPS) is 14.4. The molecule has 0 aliphatic carbocycles. The number of anilines is 1. The first-order valence-corrected chi connectivity index (χ1v) is 12.5. The molecule has 3 aromatic rings. The minimum atomic E-state index is -1.02. The molecule has 2 N–H and O–H groups in total. The molecule has 1 saturated heterocycles. The highest BCUT2D eigenvalue weighted by molar-refractivity contribution is 9.10. The van der Waals surface area contributed by atoms with Gasteiger partial charge in [-0.15, -0.1) is 0 Å². The molecule has 1 fully saturated rings. The molecule has 4 rings (SSSR count). The summed E-state index contributed by atoms with van der Waals surface area (Å²) < 4.78 is 26.5. The zero-order valence-electron chi connectivity index (χ0n) is 19.9. The summed E-state index contributed by atoms with van der Waals surface area (Å²) in [5, 5.41) is 11.3. The molecule has 11 heteroatoms. The van der Waals surface area contributed by atoms with Crippen LogP contribution in [0.1, 0.15) is 28.4 Å². The number of ether oxygens (including phenoxy) is 2. The predicted molar refractivity (Wildman–Crippen MR) is 146 cm³/mol. The van der Waals surface area contributed by atoms with Crippen LogP contribution in [0.3, 0.4) is 0 Å². The lowest BCUT2D eigenvalue weighted by Gasteiger charge is -2.29. The average molecular weight is 599 g/mol. The molecule has 1 aliphatic heterocycles. The Bertz CT molecular complexity index is 1470. The fourth-order valence-corrected chi connectivity index (χ4v) is 4.32. The third-order valence-electron chi connectivity index (χ3n) is 5.45. The molecule has 3 aromatic carbocycles. The summed E-state index contributed by atoms with van der Waals surface area (Å²) in [7, 11) is 0. The second-order valence-electron chi connectivity index (χ2n) is 7.95. The van der Waals surface area contributed by atoms with Crippen molar-refractivity contribution in [3.63, 3.8) is 0 Å². The predicted octanol–water partition coefficient (Wildman–Crippen LogP) is 5.10. The van der Waals surface area contributed by atoms with Crippen LogP contribution in [0, 0.1) is 5.82 Å². The Morgan fingerprint density at radius 3 is 2.45 bits per heavy atom. The van der Waals surface area contributed by atoms with Gasteiger partial charge in [0.05, 0.1) is 17.9 Å². The molecule has 0 radical (unpaired) electrons. The summed E-state index contributed by atoms with van der Waals surface area (Å²) in [5.74, 6) is -2.45. The van der Waals surface area contributed by atoms with Gasteiger partial charge in [-0.2, -0.15) is 0 Å². The first-order chi connectivity index (χ1) is 18.2. The number of nitrogens with one attached hydrogen (secondary N) is 1. The second-order valence-corrected chi connectivity index (χ2v) is 9.19. The Balaban J connectivity index is 1.64. The molecule has 194 valence electrons. The number of carbonyl (C=O) groups is 3. The Kier molecular flexibility index (Phi) is 8.18. The Morgan fingerprint density at radius 1 is 1.11 bits per heavy atom. The first-order valence-electron chi connectivity index (χ1n) is 11.3. The van der Waals surface area contributed by atoms with E-state index in [1.165, 1.54) is 36.4 Å². The van der Waals surface area contributed by atoms with Crippen molar-refractivity contribution in [1.82, 2.24) is 5.32 Å². The Morgan fingerprint density at radius 2 is 1.79 bits per heavy atom. The summed E-state index contributed by atoms with van der Waals surface area (Å²) in [4.78, 5) is 37.9. The van der Waals surface area contributed by atoms with E-state index >= 15 is 0 Å². The average Bonchev–Trinajstić information content (AvgIpc) is 2.88. The van der Waals surface area contributed by atoms with E-state index in [0.29, 0.717) is 28.1 Å². The van der Waals surface area contributed by atoms with Crippen molar-refractivity contribution in [3.8, 4) is 11.5 Å². The highest BCUT2D eigenvalue weighted by Crippen LogP contribution is 2.36. The minimum absolute atomic E-state index is 0.0809. The quantitative estimate of drug-likeness (QED) is 0.211. The maximum absolute atomic E-state index is 14.4. The van der Waals surface area contributed by atoms with Crippen molar-refractivity contribution in [3.05, 3.63) is 93.2 Å². The number of benzene rings is 3. The van der Waals surface area contributed by atoms with Crippen LogP contribution in [0.2, 0.25) is 0 Å². The van der Waals surface area contributed by atoms with Gasteiger partial charge in [0.2, 0.25) is 0 Å². The number of aromatic carboxylic acids is 1. The Labute approximate surface area is 230 Å². The molecule has 0 aromatic heterocycles. The topological polar surface area (TPSA) is 105 Å². The van der Waals surface area contributed by atoms with E-state index in [1.807, 2.05) is 0 Å². The largest absolute Gasteiger partial charge is 0.490 e. The molecule has 0 unspecified atom stereocenters. The Hall–Kier alpha value is -4.09. The maximum atomic E-state index is 14.4. The van der Waals surface area contributed by atoms with Crippen molar-refractivity contribution in [1.29, 1.82) is 0 Å². The van der Waals surface area contributed by atoms with Gasteiger partial charge in [-0.3, -0.25) is 14.9 Å². The lowest BCUT2D eigenvalue weighted by molar-refractivity contribution is -0.122. The number of carbonyl (C=O) groups excluding carboxylic acids is 2. The lowest BCUT2D eigenvalue weighted by Crippen LogP contribution is -2.54. The number of nitrogens with zero attached hydrogens (tertiary/aromatic N) is 1. The molecule has 1 aliphatic rings. The van der Waals surface area contributed by atoms with E-state index in [9.17, 15) is 18.8 Å².